The number of amides is 1. The van der Waals surface area contributed by atoms with E-state index in [0.717, 1.165) is 12.3 Å². The highest BCUT2D eigenvalue weighted by molar-refractivity contribution is 5.77. The number of ether oxygens (including phenoxy) is 1. The Morgan fingerprint density at radius 1 is 1.65 bits per heavy atom. The summed E-state index contributed by atoms with van der Waals surface area (Å²) in [7, 11) is 0. The van der Waals surface area contributed by atoms with Gasteiger partial charge >= 0.3 is 0 Å². The van der Waals surface area contributed by atoms with Crippen molar-refractivity contribution in [1.82, 2.24) is 5.32 Å². The smallest absolute Gasteiger partial charge is 0.258 e. The van der Waals surface area contributed by atoms with Crippen LogP contribution in [-0.2, 0) is 11.4 Å². The average molecular weight is 237 g/mol. The summed E-state index contributed by atoms with van der Waals surface area (Å²) >= 11 is 0. The Balaban J connectivity index is 2.56. The van der Waals surface area contributed by atoms with Crippen LogP contribution < -0.4 is 15.5 Å². The Kier molecular flexibility index (Phi) is 4.78. The number of hydrogen-bond donors (Lipinski definition) is 2. The summed E-state index contributed by atoms with van der Waals surface area (Å²) in [4.78, 5) is 22.5. The lowest BCUT2D eigenvalue weighted by molar-refractivity contribution is -0.122. The summed E-state index contributed by atoms with van der Waals surface area (Å²) < 4.78 is 9.79. The first-order chi connectivity index (χ1) is 8.17. The van der Waals surface area contributed by atoms with Gasteiger partial charge in [0.1, 0.15) is 18.6 Å². The summed E-state index contributed by atoms with van der Waals surface area (Å²) in [6.45, 7) is -0.608. The minimum atomic E-state index is -0.468. The van der Waals surface area contributed by atoms with Crippen LogP contribution in [0.25, 0.3) is 0 Å². The van der Waals surface area contributed by atoms with Crippen LogP contribution in [0.5, 0.6) is 5.75 Å². The second kappa shape index (κ2) is 6.35. The largest absolute Gasteiger partial charge is 0.477 e. The first-order valence-corrected chi connectivity index (χ1v) is 4.73. The van der Waals surface area contributed by atoms with E-state index in [1.54, 1.807) is 0 Å². The monoisotopic (exact) mass is 237 g/mol. The third kappa shape index (κ3) is 4.01. The third-order valence-electron chi connectivity index (χ3n) is 1.75. The molecule has 0 saturated carbocycles. The lowest BCUT2D eigenvalue weighted by Gasteiger charge is -2.04. The molecule has 0 aliphatic carbocycles. The van der Waals surface area contributed by atoms with Gasteiger partial charge in [-0.05, 0) is 0 Å². The molecule has 1 aromatic rings. The predicted octanol–water partition coefficient (Wildman–Crippen LogP) is -0.740. The van der Waals surface area contributed by atoms with Gasteiger partial charge in [0.2, 0.25) is 11.2 Å². The molecule has 1 amide bonds. The van der Waals surface area contributed by atoms with Crippen molar-refractivity contribution in [2.24, 2.45) is 0 Å². The molecule has 0 aliphatic heterocycles. The molecule has 0 unspecified atom stereocenters. The number of terminal acetylenes is 1. The predicted molar refractivity (Wildman–Crippen MR) is 58.2 cm³/mol. The van der Waals surface area contributed by atoms with Crippen LogP contribution in [0.2, 0.25) is 0 Å². The zero-order valence-electron chi connectivity index (χ0n) is 8.93. The van der Waals surface area contributed by atoms with E-state index in [4.69, 9.17) is 20.7 Å². The number of aliphatic hydroxyl groups excluding tert-OH is 1. The van der Waals surface area contributed by atoms with Gasteiger partial charge < -0.3 is 19.6 Å². The maximum absolute atomic E-state index is 11.4. The lowest BCUT2D eigenvalue weighted by atomic mass is 10.4. The van der Waals surface area contributed by atoms with Gasteiger partial charge in [-0.1, -0.05) is 5.92 Å². The van der Waals surface area contributed by atoms with E-state index in [0.29, 0.717) is 0 Å². The van der Waals surface area contributed by atoms with Crippen LogP contribution in [0.15, 0.2) is 21.5 Å². The number of carbonyl (C=O) groups excluding carboxylic acids is 1. The molecule has 0 atom stereocenters. The molecule has 1 heterocycles. The maximum Gasteiger partial charge on any atom is 0.258 e. The highest BCUT2D eigenvalue weighted by atomic mass is 16.5. The molecule has 0 aliphatic rings. The number of aliphatic hydroxyl groups is 1. The van der Waals surface area contributed by atoms with E-state index in [1.165, 1.54) is 0 Å². The van der Waals surface area contributed by atoms with Crippen molar-refractivity contribution in [2.75, 3.05) is 13.2 Å². The summed E-state index contributed by atoms with van der Waals surface area (Å²) in [5, 5.41) is 11.1. The summed E-state index contributed by atoms with van der Waals surface area (Å²) in [5.41, 5.74) is -0.468. The zero-order chi connectivity index (χ0) is 12.7. The quantitative estimate of drug-likeness (QED) is 0.658. The number of carbonyl (C=O) groups is 1. The van der Waals surface area contributed by atoms with Gasteiger partial charge in [-0.2, -0.15) is 0 Å². The van der Waals surface area contributed by atoms with Crippen molar-refractivity contribution in [2.45, 2.75) is 6.61 Å². The molecule has 0 fully saturated rings. The van der Waals surface area contributed by atoms with Crippen LogP contribution in [0.3, 0.4) is 0 Å². The normalized spacial score (nSPS) is 9.41. The summed E-state index contributed by atoms with van der Waals surface area (Å²) in [5.74, 6) is 1.82. The summed E-state index contributed by atoms with van der Waals surface area (Å²) in [6, 6.07) is 1.09. The molecule has 0 radical (unpaired) electrons. The first kappa shape index (κ1) is 12.8. The Labute approximate surface area is 97.2 Å². The van der Waals surface area contributed by atoms with E-state index < -0.39 is 11.3 Å². The van der Waals surface area contributed by atoms with E-state index >= 15 is 0 Å². The van der Waals surface area contributed by atoms with Gasteiger partial charge in [-0.15, -0.1) is 6.42 Å². The van der Waals surface area contributed by atoms with Crippen LogP contribution in [0, 0.1) is 12.3 Å². The molecule has 90 valence electrons. The fourth-order valence-corrected chi connectivity index (χ4v) is 0.971. The van der Waals surface area contributed by atoms with Gasteiger partial charge in [-0.3, -0.25) is 9.59 Å². The molecule has 0 aromatic carbocycles. The molecule has 0 spiro atoms. The molecule has 6 heteroatoms. The van der Waals surface area contributed by atoms with Gasteiger partial charge in [0.25, 0.3) is 5.91 Å². The molecular weight excluding hydrogens is 226 g/mol. The fourth-order valence-electron chi connectivity index (χ4n) is 0.971. The van der Waals surface area contributed by atoms with E-state index in [2.05, 4.69) is 11.2 Å². The SMILES string of the molecule is C#CCNC(=O)COc1coc(CO)cc1=O. The lowest BCUT2D eigenvalue weighted by Crippen LogP contribution is -2.29. The molecular formula is C11H11NO5. The van der Waals surface area contributed by atoms with Crippen molar-refractivity contribution < 1.29 is 19.1 Å². The van der Waals surface area contributed by atoms with Gasteiger partial charge in [0.15, 0.2) is 6.61 Å². The van der Waals surface area contributed by atoms with E-state index in [1.807, 2.05) is 0 Å². The highest BCUT2D eigenvalue weighted by Crippen LogP contribution is 2.05. The molecule has 1 rings (SSSR count). The number of rotatable bonds is 5. The number of nitrogens with one attached hydrogen (secondary N) is 1. The molecule has 6 nitrogen and oxygen atoms in total. The maximum atomic E-state index is 11.4. The van der Waals surface area contributed by atoms with Crippen molar-refractivity contribution in [3.8, 4) is 18.1 Å². The molecule has 0 saturated heterocycles. The topological polar surface area (TPSA) is 88.8 Å². The number of hydrogen-bond acceptors (Lipinski definition) is 5. The highest BCUT2D eigenvalue weighted by Gasteiger charge is 2.06. The average Bonchev–Trinajstić information content (AvgIpc) is 2.34. The van der Waals surface area contributed by atoms with Crippen LogP contribution in [0.4, 0.5) is 0 Å². The van der Waals surface area contributed by atoms with Gasteiger partial charge in [-0.25, -0.2) is 0 Å². The van der Waals surface area contributed by atoms with E-state index in [-0.39, 0.29) is 31.3 Å². The first-order valence-electron chi connectivity index (χ1n) is 4.73. The zero-order valence-corrected chi connectivity index (χ0v) is 8.93. The minimum absolute atomic E-state index is 0.0975. The van der Waals surface area contributed by atoms with Crippen molar-refractivity contribution >= 4 is 5.91 Å². The molecule has 1 aromatic heterocycles. The second-order valence-corrected chi connectivity index (χ2v) is 3.00. The Morgan fingerprint density at radius 3 is 3.00 bits per heavy atom. The molecule has 0 bridgehead atoms. The molecule has 2 N–H and O–H groups in total. The Bertz CT molecular complexity index is 485. The van der Waals surface area contributed by atoms with Crippen molar-refractivity contribution in [3.63, 3.8) is 0 Å². The summed E-state index contributed by atoms with van der Waals surface area (Å²) in [6.07, 6.45) is 5.99. The molecule has 17 heavy (non-hydrogen) atoms. The van der Waals surface area contributed by atoms with Gasteiger partial charge in [0, 0.05) is 6.07 Å². The van der Waals surface area contributed by atoms with Crippen molar-refractivity contribution in [3.05, 3.63) is 28.3 Å². The van der Waals surface area contributed by atoms with Crippen molar-refractivity contribution in [1.29, 1.82) is 0 Å². The second-order valence-electron chi connectivity index (χ2n) is 3.00. The van der Waals surface area contributed by atoms with Crippen LogP contribution >= 0.6 is 0 Å². The fraction of sp³-hybridized carbons (Fsp3) is 0.273. The van der Waals surface area contributed by atoms with E-state index in [9.17, 15) is 9.59 Å². The van der Waals surface area contributed by atoms with Gasteiger partial charge in [0.05, 0.1) is 6.54 Å². The van der Waals surface area contributed by atoms with Crippen LogP contribution in [0.1, 0.15) is 5.76 Å². The Morgan fingerprint density at radius 2 is 2.41 bits per heavy atom. The van der Waals surface area contributed by atoms with Crippen LogP contribution in [-0.4, -0.2) is 24.2 Å². The Hall–Kier alpha value is -2.26. The standard InChI is InChI=1S/C11H11NO5/c1-2-3-12-11(15)7-17-10-6-16-8(5-13)4-9(10)14/h1,4,6,13H,3,5,7H2,(H,12,15). The minimum Gasteiger partial charge on any atom is -0.477 e. The third-order valence-corrected chi connectivity index (χ3v) is 1.75.